The summed E-state index contributed by atoms with van der Waals surface area (Å²) in [6.45, 7) is 5.79. The zero-order chi connectivity index (χ0) is 23.7. The van der Waals surface area contributed by atoms with Crippen molar-refractivity contribution >= 4 is 46.4 Å². The number of hydrogen-bond acceptors (Lipinski definition) is 4. The Morgan fingerprint density at radius 1 is 0.970 bits per heavy atom. The van der Waals surface area contributed by atoms with Gasteiger partial charge in [0.25, 0.3) is 11.8 Å². The number of hydrazone groups is 1. The molecule has 0 fully saturated rings. The maximum Gasteiger partial charge on any atom is 0.291 e. The van der Waals surface area contributed by atoms with E-state index in [0.717, 1.165) is 23.1 Å². The standard InChI is InChI=1S/C25H23Cl2N3O3/c1-13-9-14(2)11-17(10-13)28-25(32)23-15(3)22-20(5-4-6-21(22)33-23)29-30-24(31)18-8-7-16(26)12-19(18)27/h7-12H,4-6H2,1-3H3,(H,28,32)(H,30,31)/b29-20+. The summed E-state index contributed by atoms with van der Waals surface area (Å²) >= 11 is 12.0. The van der Waals surface area contributed by atoms with Crippen molar-refractivity contribution in [2.45, 2.75) is 40.0 Å². The highest BCUT2D eigenvalue weighted by Gasteiger charge is 2.28. The van der Waals surface area contributed by atoms with Crippen LogP contribution < -0.4 is 10.7 Å². The Kier molecular flexibility index (Phi) is 6.58. The van der Waals surface area contributed by atoms with Gasteiger partial charge in [-0.2, -0.15) is 5.10 Å². The highest BCUT2D eigenvalue weighted by Crippen LogP contribution is 2.30. The van der Waals surface area contributed by atoms with Crippen LogP contribution in [0.2, 0.25) is 10.0 Å². The van der Waals surface area contributed by atoms with Crippen molar-refractivity contribution in [1.82, 2.24) is 5.43 Å². The minimum absolute atomic E-state index is 0.245. The van der Waals surface area contributed by atoms with E-state index >= 15 is 0 Å². The Balaban J connectivity index is 1.58. The first-order chi connectivity index (χ1) is 15.7. The van der Waals surface area contributed by atoms with Crippen molar-refractivity contribution in [3.63, 3.8) is 0 Å². The third kappa shape index (κ3) is 4.97. The fraction of sp³-hybridized carbons (Fsp3) is 0.240. The van der Waals surface area contributed by atoms with Crippen LogP contribution in [-0.4, -0.2) is 17.5 Å². The molecule has 1 aromatic heterocycles. The number of anilines is 1. The zero-order valence-corrected chi connectivity index (χ0v) is 20.0. The number of amides is 2. The van der Waals surface area contributed by atoms with Gasteiger partial charge in [0.1, 0.15) is 5.76 Å². The van der Waals surface area contributed by atoms with E-state index in [0.29, 0.717) is 40.6 Å². The molecule has 0 atom stereocenters. The van der Waals surface area contributed by atoms with Crippen LogP contribution >= 0.6 is 23.2 Å². The first-order valence-electron chi connectivity index (χ1n) is 10.6. The van der Waals surface area contributed by atoms with Crippen molar-refractivity contribution < 1.29 is 14.0 Å². The number of hydrogen-bond donors (Lipinski definition) is 2. The van der Waals surface area contributed by atoms with Crippen molar-refractivity contribution in [2.75, 3.05) is 5.32 Å². The highest BCUT2D eigenvalue weighted by atomic mass is 35.5. The average Bonchev–Trinajstić information content (AvgIpc) is 3.08. The summed E-state index contributed by atoms with van der Waals surface area (Å²) in [5.74, 6) is 0.191. The fourth-order valence-electron chi connectivity index (χ4n) is 4.08. The maximum absolute atomic E-state index is 13.0. The van der Waals surface area contributed by atoms with Crippen LogP contribution in [0.15, 0.2) is 45.9 Å². The second-order valence-electron chi connectivity index (χ2n) is 8.16. The molecule has 3 aromatic rings. The minimum atomic E-state index is -0.440. The molecule has 0 bridgehead atoms. The predicted octanol–water partition coefficient (Wildman–Crippen LogP) is 6.23. The summed E-state index contributed by atoms with van der Waals surface area (Å²) in [5.41, 5.74) is 7.82. The van der Waals surface area contributed by atoms with Gasteiger partial charge in [-0.3, -0.25) is 9.59 Å². The molecule has 0 spiro atoms. The van der Waals surface area contributed by atoms with Gasteiger partial charge in [-0.25, -0.2) is 5.43 Å². The molecule has 0 aliphatic heterocycles. The maximum atomic E-state index is 13.0. The van der Waals surface area contributed by atoms with Crippen molar-refractivity contribution in [2.24, 2.45) is 5.10 Å². The van der Waals surface area contributed by atoms with E-state index in [1.807, 2.05) is 39.0 Å². The van der Waals surface area contributed by atoms with Gasteiger partial charge in [-0.1, -0.05) is 29.3 Å². The summed E-state index contributed by atoms with van der Waals surface area (Å²) < 4.78 is 5.94. The number of nitrogens with zero attached hydrogens (tertiary/aromatic N) is 1. The summed E-state index contributed by atoms with van der Waals surface area (Å²) in [7, 11) is 0. The Labute approximate surface area is 202 Å². The number of carbonyl (C=O) groups excluding carboxylic acids is 2. The SMILES string of the molecule is Cc1cc(C)cc(NC(=O)c2oc3c(c2C)/C(=N/NC(=O)c2ccc(Cl)cc2Cl)CCC3)c1. The largest absolute Gasteiger partial charge is 0.455 e. The number of benzene rings is 2. The zero-order valence-electron chi connectivity index (χ0n) is 18.5. The van der Waals surface area contributed by atoms with Crippen LogP contribution in [0.5, 0.6) is 0 Å². The molecule has 1 aliphatic carbocycles. The number of fused-ring (bicyclic) bond motifs is 1. The predicted molar refractivity (Wildman–Crippen MR) is 131 cm³/mol. The molecule has 2 amide bonds. The Morgan fingerprint density at radius 3 is 2.39 bits per heavy atom. The third-order valence-electron chi connectivity index (χ3n) is 5.48. The van der Waals surface area contributed by atoms with E-state index in [-0.39, 0.29) is 22.3 Å². The van der Waals surface area contributed by atoms with Crippen LogP contribution in [0.25, 0.3) is 0 Å². The molecule has 8 heteroatoms. The van der Waals surface area contributed by atoms with E-state index in [1.54, 1.807) is 12.1 Å². The molecule has 170 valence electrons. The summed E-state index contributed by atoms with van der Waals surface area (Å²) in [4.78, 5) is 25.5. The fourth-order valence-corrected chi connectivity index (χ4v) is 4.58. The van der Waals surface area contributed by atoms with Crippen LogP contribution in [0.4, 0.5) is 5.69 Å². The third-order valence-corrected chi connectivity index (χ3v) is 6.03. The van der Waals surface area contributed by atoms with E-state index in [9.17, 15) is 9.59 Å². The lowest BCUT2D eigenvalue weighted by molar-refractivity contribution is 0.0953. The van der Waals surface area contributed by atoms with Gasteiger partial charge in [-0.15, -0.1) is 0 Å². The summed E-state index contributed by atoms with van der Waals surface area (Å²) in [6.07, 6.45) is 2.15. The Bertz CT molecular complexity index is 1270. The molecule has 4 rings (SSSR count). The number of furan rings is 1. The molecule has 1 heterocycles. The first kappa shape index (κ1) is 23.1. The first-order valence-corrected chi connectivity index (χ1v) is 11.3. The molecule has 0 saturated carbocycles. The van der Waals surface area contributed by atoms with E-state index < -0.39 is 5.91 Å². The smallest absolute Gasteiger partial charge is 0.291 e. The molecule has 0 saturated heterocycles. The van der Waals surface area contributed by atoms with Crippen molar-refractivity contribution in [1.29, 1.82) is 0 Å². The number of aryl methyl sites for hydroxylation is 3. The van der Waals surface area contributed by atoms with Gasteiger partial charge >= 0.3 is 0 Å². The topological polar surface area (TPSA) is 83.7 Å². The molecule has 2 aromatic carbocycles. The van der Waals surface area contributed by atoms with Crippen molar-refractivity contribution in [3.8, 4) is 0 Å². The molecule has 6 nitrogen and oxygen atoms in total. The van der Waals surface area contributed by atoms with Gasteiger partial charge in [0.15, 0.2) is 5.76 Å². The Morgan fingerprint density at radius 2 is 1.70 bits per heavy atom. The molecule has 1 aliphatic rings. The van der Waals surface area contributed by atoms with Crippen LogP contribution in [0.3, 0.4) is 0 Å². The molecular formula is C25H23Cl2N3O3. The van der Waals surface area contributed by atoms with Crippen LogP contribution in [0.1, 0.15) is 61.8 Å². The van der Waals surface area contributed by atoms with Crippen LogP contribution in [-0.2, 0) is 6.42 Å². The normalized spacial score (nSPS) is 14.2. The van der Waals surface area contributed by atoms with Gasteiger partial charge < -0.3 is 9.73 Å². The summed E-state index contributed by atoms with van der Waals surface area (Å²) in [6, 6.07) is 10.5. The molecule has 0 unspecified atom stereocenters. The van der Waals surface area contributed by atoms with E-state index in [4.69, 9.17) is 27.6 Å². The van der Waals surface area contributed by atoms with Crippen molar-refractivity contribution in [3.05, 3.63) is 85.8 Å². The summed E-state index contributed by atoms with van der Waals surface area (Å²) in [5, 5.41) is 7.95. The van der Waals surface area contributed by atoms with Crippen LogP contribution in [0, 0.1) is 20.8 Å². The van der Waals surface area contributed by atoms with Gasteiger partial charge in [0, 0.05) is 28.3 Å². The molecular weight excluding hydrogens is 461 g/mol. The van der Waals surface area contributed by atoms with Gasteiger partial charge in [0.05, 0.1) is 16.3 Å². The van der Waals surface area contributed by atoms with E-state index in [2.05, 4.69) is 15.8 Å². The second-order valence-corrected chi connectivity index (χ2v) is 9.01. The highest BCUT2D eigenvalue weighted by molar-refractivity contribution is 6.36. The minimum Gasteiger partial charge on any atom is -0.455 e. The lowest BCUT2D eigenvalue weighted by atomic mass is 9.93. The van der Waals surface area contributed by atoms with Gasteiger partial charge in [-0.05, 0) is 75.1 Å². The van der Waals surface area contributed by atoms with E-state index in [1.165, 1.54) is 6.07 Å². The number of rotatable bonds is 4. The van der Waals surface area contributed by atoms with Gasteiger partial charge in [0.2, 0.25) is 0 Å². The lowest BCUT2D eigenvalue weighted by Crippen LogP contribution is -2.22. The average molecular weight is 484 g/mol. The quantitative estimate of drug-likeness (QED) is 0.431. The molecule has 33 heavy (non-hydrogen) atoms. The second kappa shape index (κ2) is 9.41. The molecule has 0 radical (unpaired) electrons. The Hall–Kier alpha value is -3.09. The number of halogens is 2. The number of carbonyl (C=O) groups is 2. The molecule has 2 N–H and O–H groups in total. The monoisotopic (exact) mass is 483 g/mol. The lowest BCUT2D eigenvalue weighted by Gasteiger charge is -2.13. The number of nitrogens with one attached hydrogen (secondary N) is 2.